The van der Waals surface area contributed by atoms with Gasteiger partial charge in [0, 0.05) is 4.88 Å². The van der Waals surface area contributed by atoms with Crippen LogP contribution >= 0.6 is 11.3 Å². The van der Waals surface area contributed by atoms with Gasteiger partial charge in [-0.1, -0.05) is 12.1 Å². The van der Waals surface area contributed by atoms with Gasteiger partial charge in [-0.25, -0.2) is 9.97 Å². The average Bonchev–Trinajstić information content (AvgIpc) is 3.08. The van der Waals surface area contributed by atoms with E-state index in [1.165, 1.54) is 17.5 Å². The molecule has 1 aliphatic carbocycles. The van der Waals surface area contributed by atoms with Crippen LogP contribution in [0.2, 0.25) is 0 Å². The number of fused-ring (bicyclic) bond motifs is 2. The molecule has 0 radical (unpaired) electrons. The van der Waals surface area contributed by atoms with Crippen LogP contribution in [0.3, 0.4) is 0 Å². The number of amides is 1. The number of thiazole rings is 1. The molecule has 5 nitrogen and oxygen atoms in total. The van der Waals surface area contributed by atoms with E-state index in [1.807, 2.05) is 24.3 Å². The van der Waals surface area contributed by atoms with E-state index in [2.05, 4.69) is 20.3 Å². The molecule has 104 valence electrons. The maximum atomic E-state index is 12.2. The average molecular weight is 296 g/mol. The van der Waals surface area contributed by atoms with E-state index < -0.39 is 0 Å². The van der Waals surface area contributed by atoms with E-state index in [9.17, 15) is 4.79 Å². The second-order valence-corrected chi connectivity index (χ2v) is 6.02. The minimum absolute atomic E-state index is 0.263. The molecular weight excluding hydrogens is 284 g/mol. The van der Waals surface area contributed by atoms with Crippen LogP contribution in [0.25, 0.3) is 11.0 Å². The van der Waals surface area contributed by atoms with Gasteiger partial charge in [0.1, 0.15) is 5.69 Å². The Hall–Kier alpha value is -2.34. The molecule has 0 atom stereocenters. The molecule has 0 spiro atoms. The first-order valence-corrected chi connectivity index (χ1v) is 7.63. The van der Waals surface area contributed by atoms with E-state index in [-0.39, 0.29) is 5.91 Å². The maximum absolute atomic E-state index is 12.2. The summed E-state index contributed by atoms with van der Waals surface area (Å²) in [4.78, 5) is 26.6. The van der Waals surface area contributed by atoms with Gasteiger partial charge in [0.2, 0.25) is 0 Å². The lowest BCUT2D eigenvalue weighted by Crippen LogP contribution is -2.14. The van der Waals surface area contributed by atoms with Crippen molar-refractivity contribution in [3.63, 3.8) is 0 Å². The number of nitrogens with zero attached hydrogens (tertiary/aromatic N) is 3. The highest BCUT2D eigenvalue weighted by Gasteiger charge is 2.18. The van der Waals surface area contributed by atoms with Crippen molar-refractivity contribution in [1.82, 2.24) is 15.0 Å². The molecule has 1 aliphatic rings. The van der Waals surface area contributed by atoms with Gasteiger partial charge >= 0.3 is 0 Å². The van der Waals surface area contributed by atoms with E-state index >= 15 is 0 Å². The molecular formula is C15H12N4OS. The number of carbonyl (C=O) groups excluding carboxylic acids is 1. The van der Waals surface area contributed by atoms with Gasteiger partial charge in [0.25, 0.3) is 5.91 Å². The van der Waals surface area contributed by atoms with Crippen molar-refractivity contribution in [1.29, 1.82) is 0 Å². The van der Waals surface area contributed by atoms with Crippen molar-refractivity contribution in [3.05, 3.63) is 46.7 Å². The van der Waals surface area contributed by atoms with Crippen molar-refractivity contribution in [3.8, 4) is 0 Å². The molecule has 21 heavy (non-hydrogen) atoms. The van der Waals surface area contributed by atoms with Crippen molar-refractivity contribution in [2.45, 2.75) is 19.3 Å². The van der Waals surface area contributed by atoms with Gasteiger partial charge in [-0.3, -0.25) is 15.1 Å². The third-order valence-corrected chi connectivity index (χ3v) is 4.57. The zero-order chi connectivity index (χ0) is 14.2. The van der Waals surface area contributed by atoms with Crippen molar-refractivity contribution in [2.75, 3.05) is 5.32 Å². The van der Waals surface area contributed by atoms with Gasteiger partial charge in [-0.05, 0) is 31.4 Å². The molecule has 0 aliphatic heterocycles. The number of aryl methyl sites for hydroxylation is 2. The fourth-order valence-electron chi connectivity index (χ4n) is 2.47. The van der Waals surface area contributed by atoms with Crippen LogP contribution in [0.5, 0.6) is 0 Å². The highest BCUT2D eigenvalue weighted by molar-refractivity contribution is 7.15. The van der Waals surface area contributed by atoms with Crippen LogP contribution in [0.15, 0.2) is 30.5 Å². The third kappa shape index (κ3) is 2.27. The topological polar surface area (TPSA) is 67.8 Å². The van der Waals surface area contributed by atoms with Crippen LogP contribution in [-0.4, -0.2) is 20.9 Å². The van der Waals surface area contributed by atoms with E-state index in [4.69, 9.17) is 0 Å². The van der Waals surface area contributed by atoms with Crippen LogP contribution < -0.4 is 5.32 Å². The number of nitrogens with one attached hydrogen (secondary N) is 1. The number of aromatic nitrogens is 3. The first-order chi connectivity index (χ1) is 10.3. The lowest BCUT2D eigenvalue weighted by molar-refractivity contribution is 0.102. The number of benzene rings is 1. The molecule has 6 heteroatoms. The van der Waals surface area contributed by atoms with Gasteiger partial charge in [-0.15, -0.1) is 11.3 Å². The van der Waals surface area contributed by atoms with E-state index in [0.717, 1.165) is 24.1 Å². The van der Waals surface area contributed by atoms with Gasteiger partial charge in [0.15, 0.2) is 5.13 Å². The molecule has 4 rings (SSSR count). The number of hydrogen-bond donors (Lipinski definition) is 1. The predicted molar refractivity (Wildman–Crippen MR) is 81.6 cm³/mol. The van der Waals surface area contributed by atoms with Crippen molar-refractivity contribution < 1.29 is 4.79 Å². The summed E-state index contributed by atoms with van der Waals surface area (Å²) in [5.74, 6) is -0.263. The molecule has 0 saturated heterocycles. The second kappa shape index (κ2) is 4.89. The zero-order valence-electron chi connectivity index (χ0n) is 11.2. The first-order valence-electron chi connectivity index (χ1n) is 6.81. The molecule has 0 unspecified atom stereocenters. The molecule has 0 fully saturated rings. The van der Waals surface area contributed by atoms with Gasteiger partial charge < -0.3 is 0 Å². The highest BCUT2D eigenvalue weighted by atomic mass is 32.1. The Balaban J connectivity index is 1.60. The third-order valence-electron chi connectivity index (χ3n) is 3.50. The minimum atomic E-state index is -0.263. The fourth-order valence-corrected chi connectivity index (χ4v) is 3.52. The molecule has 1 N–H and O–H groups in total. The van der Waals surface area contributed by atoms with Gasteiger partial charge in [0.05, 0.1) is 22.9 Å². The molecule has 0 bridgehead atoms. The normalized spacial score (nSPS) is 13.3. The second-order valence-electron chi connectivity index (χ2n) is 4.94. The highest BCUT2D eigenvalue weighted by Crippen LogP contribution is 2.30. The van der Waals surface area contributed by atoms with Crippen LogP contribution in [0.1, 0.15) is 27.5 Å². The Morgan fingerprint density at radius 3 is 2.86 bits per heavy atom. The van der Waals surface area contributed by atoms with Crippen LogP contribution in [0, 0.1) is 0 Å². The summed E-state index contributed by atoms with van der Waals surface area (Å²) in [5, 5.41) is 3.47. The lowest BCUT2D eigenvalue weighted by Gasteiger charge is -2.02. The summed E-state index contributed by atoms with van der Waals surface area (Å²) < 4.78 is 0. The SMILES string of the molecule is O=C(Nc1nc2c(s1)CCC2)c1cnc2ccccc2n1. The van der Waals surface area contributed by atoms with Crippen molar-refractivity contribution in [2.24, 2.45) is 0 Å². The minimum Gasteiger partial charge on any atom is -0.296 e. The number of hydrogen-bond acceptors (Lipinski definition) is 5. The first kappa shape index (κ1) is 12.4. The summed E-state index contributed by atoms with van der Waals surface area (Å²) in [6.07, 6.45) is 4.74. The Bertz CT molecular complexity index is 821. The Morgan fingerprint density at radius 2 is 2.00 bits per heavy atom. The standard InChI is InChI=1S/C15H12N4OS/c20-14(19-15-18-11-6-3-7-13(11)21-15)12-8-16-9-4-1-2-5-10(9)17-12/h1-2,4-5,8H,3,6-7H2,(H,18,19,20). The summed E-state index contributed by atoms with van der Waals surface area (Å²) >= 11 is 1.56. The smallest absolute Gasteiger partial charge is 0.277 e. The molecule has 1 amide bonds. The quantitative estimate of drug-likeness (QED) is 0.789. The number of rotatable bonds is 2. The summed E-state index contributed by atoms with van der Waals surface area (Å²) in [6, 6.07) is 7.49. The fraction of sp³-hybridized carbons (Fsp3) is 0.200. The van der Waals surface area contributed by atoms with Crippen molar-refractivity contribution >= 4 is 33.4 Å². The van der Waals surface area contributed by atoms with Crippen LogP contribution in [-0.2, 0) is 12.8 Å². The summed E-state index contributed by atoms with van der Waals surface area (Å²) in [5.41, 5.74) is 2.93. The Labute approximate surface area is 125 Å². The number of para-hydroxylation sites is 2. The predicted octanol–water partition coefficient (Wildman–Crippen LogP) is 2.83. The van der Waals surface area contributed by atoms with E-state index in [0.29, 0.717) is 16.3 Å². The lowest BCUT2D eigenvalue weighted by atomic mass is 10.3. The largest absolute Gasteiger partial charge is 0.296 e. The molecule has 2 aromatic heterocycles. The monoisotopic (exact) mass is 296 g/mol. The summed E-state index contributed by atoms with van der Waals surface area (Å²) in [6.45, 7) is 0. The molecule has 1 aromatic carbocycles. The van der Waals surface area contributed by atoms with Gasteiger partial charge in [-0.2, -0.15) is 0 Å². The molecule has 0 saturated carbocycles. The zero-order valence-corrected chi connectivity index (χ0v) is 12.0. The summed E-state index contributed by atoms with van der Waals surface area (Å²) in [7, 11) is 0. The maximum Gasteiger partial charge on any atom is 0.277 e. The Kier molecular flexibility index (Phi) is 2.89. The Morgan fingerprint density at radius 1 is 1.14 bits per heavy atom. The van der Waals surface area contributed by atoms with Crippen LogP contribution in [0.4, 0.5) is 5.13 Å². The molecule has 2 heterocycles. The van der Waals surface area contributed by atoms with E-state index in [1.54, 1.807) is 11.3 Å². The molecule has 3 aromatic rings. The number of anilines is 1. The number of carbonyl (C=O) groups is 1.